The zero-order valence-electron chi connectivity index (χ0n) is 29.1. The van der Waals surface area contributed by atoms with E-state index in [2.05, 4.69) is 61.5 Å². The highest BCUT2D eigenvalue weighted by molar-refractivity contribution is 6.17. The zero-order valence-corrected chi connectivity index (χ0v) is 29.9. The number of fused-ring (bicyclic) bond motifs is 2. The molecule has 0 radical (unpaired) electrons. The monoisotopic (exact) mass is 662 g/mol. The summed E-state index contributed by atoms with van der Waals surface area (Å²) in [4.78, 5) is 11.4. The fraction of sp³-hybridized carbons (Fsp3) is 0.649. The Hall–Kier alpha value is -2.68. The van der Waals surface area contributed by atoms with Gasteiger partial charge in [-0.25, -0.2) is 4.79 Å². The number of halogens is 1. The minimum atomic E-state index is -1.07. The maximum Gasteiger partial charge on any atom is 0.329 e. The fourth-order valence-corrected chi connectivity index (χ4v) is 5.66. The Balaban J connectivity index is 2.04. The van der Waals surface area contributed by atoms with Crippen molar-refractivity contribution in [2.75, 3.05) is 39.6 Å². The molecule has 0 aromatic heterocycles. The first-order valence-electron chi connectivity index (χ1n) is 16.6. The number of aryl methyl sites for hydroxylation is 1. The Bertz CT molecular complexity index is 1180. The highest BCUT2D eigenvalue weighted by Crippen LogP contribution is 2.39. The third kappa shape index (κ3) is 11.2. The summed E-state index contributed by atoms with van der Waals surface area (Å²) in [5, 5.41) is 9.34. The van der Waals surface area contributed by atoms with Gasteiger partial charge < -0.3 is 33.5 Å². The second kappa shape index (κ2) is 17.5. The molecule has 1 aliphatic heterocycles. The standard InChI is InChI=1S/C37H55ClO8/c1-9-11-12-13-14-41-27-20-45-33-17-29(36(3,4)5)25(10-2)15-31(33)43-22-28(42-24-35(39)40)23-44-32-16-26(19-38)30(37(6,7)8)18-34(32)46-21-27/h15-18,27-28H,9-14,19-24H2,1-8H3,(H,39,40). The van der Waals surface area contributed by atoms with Gasteiger partial charge in [-0.1, -0.05) is 74.7 Å². The molecule has 1 aliphatic rings. The van der Waals surface area contributed by atoms with Gasteiger partial charge in [0.25, 0.3) is 0 Å². The van der Waals surface area contributed by atoms with E-state index >= 15 is 0 Å². The molecule has 2 aromatic rings. The fourth-order valence-electron chi connectivity index (χ4n) is 5.44. The summed E-state index contributed by atoms with van der Waals surface area (Å²) in [5.74, 6) is 1.43. The zero-order chi connectivity index (χ0) is 33.9. The van der Waals surface area contributed by atoms with Gasteiger partial charge in [0, 0.05) is 12.5 Å². The Labute approximate surface area is 281 Å². The summed E-state index contributed by atoms with van der Waals surface area (Å²) in [5.41, 5.74) is 4.01. The third-order valence-electron chi connectivity index (χ3n) is 7.97. The molecule has 3 rings (SSSR count). The minimum absolute atomic E-state index is 0.0362. The Morgan fingerprint density at radius 3 is 1.63 bits per heavy atom. The van der Waals surface area contributed by atoms with E-state index in [0.29, 0.717) is 35.5 Å². The molecule has 2 atom stereocenters. The van der Waals surface area contributed by atoms with Crippen LogP contribution in [-0.2, 0) is 37.4 Å². The van der Waals surface area contributed by atoms with Gasteiger partial charge in [0.05, 0.1) is 0 Å². The summed E-state index contributed by atoms with van der Waals surface area (Å²) < 4.78 is 37.6. The Kier molecular flexibility index (Phi) is 14.3. The number of unbranched alkanes of at least 4 members (excludes halogenated alkanes) is 3. The summed E-state index contributed by atoms with van der Waals surface area (Å²) >= 11 is 6.40. The quantitative estimate of drug-likeness (QED) is 0.190. The lowest BCUT2D eigenvalue weighted by Crippen LogP contribution is -2.32. The molecule has 0 spiro atoms. The van der Waals surface area contributed by atoms with Crippen molar-refractivity contribution in [3.63, 3.8) is 0 Å². The lowest BCUT2D eigenvalue weighted by Gasteiger charge is -2.28. The second-order valence-electron chi connectivity index (χ2n) is 14.0. The number of carboxylic acids is 1. The molecule has 46 heavy (non-hydrogen) atoms. The predicted octanol–water partition coefficient (Wildman–Crippen LogP) is 8.25. The van der Waals surface area contributed by atoms with Crippen LogP contribution in [-0.4, -0.2) is 62.9 Å². The van der Waals surface area contributed by atoms with E-state index in [1.54, 1.807) is 0 Å². The van der Waals surface area contributed by atoms with Gasteiger partial charge in [0.2, 0.25) is 0 Å². The van der Waals surface area contributed by atoms with Gasteiger partial charge >= 0.3 is 5.97 Å². The van der Waals surface area contributed by atoms with Crippen molar-refractivity contribution >= 4 is 17.6 Å². The molecule has 0 saturated carbocycles. The highest BCUT2D eigenvalue weighted by atomic mass is 35.5. The third-order valence-corrected chi connectivity index (χ3v) is 8.26. The van der Waals surface area contributed by atoms with Gasteiger partial charge in [0.15, 0.2) is 23.0 Å². The van der Waals surface area contributed by atoms with Crippen LogP contribution in [0, 0.1) is 0 Å². The Morgan fingerprint density at radius 1 is 0.739 bits per heavy atom. The smallest absolute Gasteiger partial charge is 0.329 e. The van der Waals surface area contributed by atoms with Crippen molar-refractivity contribution in [3.05, 3.63) is 46.5 Å². The summed E-state index contributed by atoms with van der Waals surface area (Å²) in [6, 6.07) is 7.96. The normalized spacial score (nSPS) is 17.8. The van der Waals surface area contributed by atoms with Gasteiger partial charge in [-0.15, -0.1) is 11.6 Å². The first-order valence-corrected chi connectivity index (χ1v) is 17.2. The van der Waals surface area contributed by atoms with Crippen LogP contribution in [0.4, 0.5) is 0 Å². The molecule has 0 aliphatic carbocycles. The summed E-state index contributed by atoms with van der Waals surface area (Å²) in [7, 11) is 0. The number of alkyl halides is 1. The molecule has 0 amide bonds. The molecule has 2 aromatic carbocycles. The van der Waals surface area contributed by atoms with Crippen molar-refractivity contribution in [1.29, 1.82) is 0 Å². The van der Waals surface area contributed by atoms with Crippen molar-refractivity contribution in [2.45, 2.75) is 116 Å². The number of aliphatic carboxylic acids is 1. The van der Waals surface area contributed by atoms with Gasteiger partial charge in [-0.2, -0.15) is 0 Å². The van der Waals surface area contributed by atoms with Gasteiger partial charge in [-0.3, -0.25) is 0 Å². The van der Waals surface area contributed by atoms with E-state index in [9.17, 15) is 9.90 Å². The molecular formula is C37H55ClO8. The number of carboxylic acid groups (broad SMARTS) is 1. The van der Waals surface area contributed by atoms with Crippen LogP contribution in [0.25, 0.3) is 0 Å². The first-order chi connectivity index (χ1) is 21.8. The number of carbonyl (C=O) groups is 1. The molecule has 1 heterocycles. The van der Waals surface area contributed by atoms with E-state index < -0.39 is 18.7 Å². The van der Waals surface area contributed by atoms with Crippen molar-refractivity contribution in [3.8, 4) is 23.0 Å². The average molecular weight is 663 g/mol. The van der Waals surface area contributed by atoms with Crippen molar-refractivity contribution in [2.24, 2.45) is 0 Å². The summed E-state index contributed by atoms with van der Waals surface area (Å²) in [6.07, 6.45) is 4.17. The van der Waals surface area contributed by atoms with Crippen LogP contribution in [0.1, 0.15) is 103 Å². The molecule has 9 heteroatoms. The number of hydrogen-bond donors (Lipinski definition) is 1. The van der Waals surface area contributed by atoms with Crippen LogP contribution >= 0.6 is 11.6 Å². The van der Waals surface area contributed by atoms with E-state index in [4.69, 9.17) is 40.0 Å². The lowest BCUT2D eigenvalue weighted by atomic mass is 9.83. The van der Waals surface area contributed by atoms with E-state index in [1.165, 1.54) is 12.0 Å². The molecule has 2 unspecified atom stereocenters. The largest absolute Gasteiger partial charge is 0.487 e. The molecule has 1 N–H and O–H groups in total. The van der Waals surface area contributed by atoms with Gasteiger partial charge in [-0.05, 0) is 70.2 Å². The molecule has 258 valence electrons. The highest BCUT2D eigenvalue weighted by Gasteiger charge is 2.26. The molecule has 8 nitrogen and oxygen atoms in total. The van der Waals surface area contributed by atoms with E-state index in [-0.39, 0.29) is 43.4 Å². The SMILES string of the molecule is CCCCCCOC1COc2cc(C(C)(C)C)c(CC)cc2OCC(OCC(=O)O)COc2cc(CCl)c(C(C)(C)C)cc2OC1. The van der Waals surface area contributed by atoms with Crippen LogP contribution < -0.4 is 18.9 Å². The van der Waals surface area contributed by atoms with E-state index in [0.717, 1.165) is 42.4 Å². The van der Waals surface area contributed by atoms with Crippen molar-refractivity contribution < 1.29 is 38.3 Å². The minimum Gasteiger partial charge on any atom is -0.487 e. The number of benzene rings is 2. The predicted molar refractivity (Wildman–Crippen MR) is 182 cm³/mol. The number of hydrogen-bond acceptors (Lipinski definition) is 7. The molecule has 0 fully saturated rings. The van der Waals surface area contributed by atoms with Gasteiger partial charge in [0.1, 0.15) is 45.2 Å². The molecule has 0 saturated heterocycles. The molecular weight excluding hydrogens is 608 g/mol. The Morgan fingerprint density at radius 2 is 1.20 bits per heavy atom. The van der Waals surface area contributed by atoms with E-state index in [1.807, 2.05) is 18.2 Å². The first kappa shape index (κ1) is 37.8. The maximum absolute atomic E-state index is 11.4. The second-order valence-corrected chi connectivity index (χ2v) is 14.3. The van der Waals surface area contributed by atoms with Crippen LogP contribution in [0.2, 0.25) is 0 Å². The van der Waals surface area contributed by atoms with Crippen LogP contribution in [0.5, 0.6) is 23.0 Å². The van der Waals surface area contributed by atoms with Crippen LogP contribution in [0.3, 0.4) is 0 Å². The average Bonchev–Trinajstić information content (AvgIpc) is 2.99. The van der Waals surface area contributed by atoms with Crippen molar-refractivity contribution in [1.82, 2.24) is 0 Å². The maximum atomic E-state index is 11.4. The molecule has 0 bridgehead atoms. The van der Waals surface area contributed by atoms with Crippen LogP contribution in [0.15, 0.2) is 24.3 Å². The topological polar surface area (TPSA) is 92.7 Å². The number of rotatable bonds is 11. The number of ether oxygens (including phenoxy) is 6. The summed E-state index contributed by atoms with van der Waals surface area (Å²) in [6.45, 7) is 17.9. The lowest BCUT2D eigenvalue weighted by molar-refractivity contribution is -0.145.